The van der Waals surface area contributed by atoms with E-state index in [1.165, 1.54) is 0 Å². The molecule has 0 saturated heterocycles. The molecule has 0 atom stereocenters. The summed E-state index contributed by atoms with van der Waals surface area (Å²) in [5.41, 5.74) is 7.49. The third kappa shape index (κ3) is 2.85. The minimum atomic E-state index is -0.0644. The van der Waals surface area contributed by atoms with Crippen molar-refractivity contribution in [2.24, 2.45) is 0 Å². The summed E-state index contributed by atoms with van der Waals surface area (Å²) in [6.07, 6.45) is 2.51. The third-order valence-corrected chi connectivity index (χ3v) is 3.85. The zero-order valence-electron chi connectivity index (χ0n) is 10.8. The first kappa shape index (κ1) is 13.2. The van der Waals surface area contributed by atoms with Gasteiger partial charge in [-0.25, -0.2) is 0 Å². The van der Waals surface area contributed by atoms with E-state index in [-0.39, 0.29) is 5.78 Å². The topological polar surface area (TPSA) is 52.3 Å². The molecule has 20 heavy (non-hydrogen) atoms. The number of ketones is 1. The molecule has 102 valence electrons. The van der Waals surface area contributed by atoms with Crippen molar-refractivity contribution in [3.05, 3.63) is 58.1 Å². The second kappa shape index (κ2) is 5.29. The molecule has 0 spiro atoms. The molecule has 0 heterocycles. The molecule has 1 aliphatic carbocycles. The van der Waals surface area contributed by atoms with E-state index in [0.29, 0.717) is 22.9 Å². The Bertz CT molecular complexity index is 665. The van der Waals surface area contributed by atoms with E-state index >= 15 is 0 Å². The summed E-state index contributed by atoms with van der Waals surface area (Å²) in [4.78, 5) is 12.5. The highest BCUT2D eigenvalue weighted by atomic mass is 79.9. The Morgan fingerprint density at radius 2 is 2.00 bits per heavy atom. The van der Waals surface area contributed by atoms with Gasteiger partial charge in [0.1, 0.15) is 5.75 Å². The molecular weight excluding hydrogens is 318 g/mol. The van der Waals surface area contributed by atoms with Crippen molar-refractivity contribution in [2.75, 3.05) is 5.73 Å². The fraction of sp³-hybridized carbons (Fsp3) is 0.188. The van der Waals surface area contributed by atoms with Crippen LogP contribution in [0.3, 0.4) is 0 Å². The molecule has 2 aromatic carbocycles. The number of carbonyl (C=O) groups excluding carboxylic acids is 1. The molecule has 0 aliphatic heterocycles. The van der Waals surface area contributed by atoms with E-state index in [0.717, 1.165) is 23.1 Å². The lowest BCUT2D eigenvalue weighted by Gasteiger charge is -2.08. The number of rotatable bonds is 4. The fourth-order valence-corrected chi connectivity index (χ4v) is 2.39. The lowest BCUT2D eigenvalue weighted by atomic mass is 10.0. The maximum atomic E-state index is 12.5. The van der Waals surface area contributed by atoms with Gasteiger partial charge in [-0.3, -0.25) is 4.79 Å². The number of nitrogen functional groups attached to an aromatic ring is 1. The number of ether oxygens (including phenoxy) is 1. The van der Waals surface area contributed by atoms with Gasteiger partial charge in [-0.1, -0.05) is 28.1 Å². The summed E-state index contributed by atoms with van der Waals surface area (Å²) in [7, 11) is 0. The van der Waals surface area contributed by atoms with Gasteiger partial charge in [0.2, 0.25) is 0 Å². The predicted molar refractivity (Wildman–Crippen MR) is 82.1 cm³/mol. The van der Waals surface area contributed by atoms with Crippen LogP contribution in [0.1, 0.15) is 28.8 Å². The largest absolute Gasteiger partial charge is 0.490 e. The number of hydrogen-bond donors (Lipinski definition) is 1. The van der Waals surface area contributed by atoms with Gasteiger partial charge >= 0.3 is 0 Å². The van der Waals surface area contributed by atoms with Crippen molar-refractivity contribution < 1.29 is 9.53 Å². The van der Waals surface area contributed by atoms with E-state index < -0.39 is 0 Å². The number of nitrogens with two attached hydrogens (primary N) is 1. The molecule has 4 heteroatoms. The maximum Gasteiger partial charge on any atom is 0.194 e. The molecule has 2 N–H and O–H groups in total. The molecule has 2 aromatic rings. The van der Waals surface area contributed by atoms with Crippen molar-refractivity contribution in [1.29, 1.82) is 0 Å². The van der Waals surface area contributed by atoms with E-state index in [1.54, 1.807) is 30.3 Å². The standard InChI is InChI=1S/C16H14BrNO2/c17-15-7-4-11(18)9-14(15)16(19)10-2-1-3-13(8-10)20-12-5-6-12/h1-4,7-9,12H,5-6,18H2. The van der Waals surface area contributed by atoms with Crippen molar-refractivity contribution in [3.63, 3.8) is 0 Å². The van der Waals surface area contributed by atoms with Crippen LogP contribution in [0.4, 0.5) is 5.69 Å². The van der Waals surface area contributed by atoms with Crippen molar-refractivity contribution in [2.45, 2.75) is 18.9 Å². The summed E-state index contributed by atoms with van der Waals surface area (Å²) in [5.74, 6) is 0.684. The molecule has 1 aliphatic rings. The Labute approximate surface area is 125 Å². The van der Waals surface area contributed by atoms with Gasteiger partial charge in [-0.05, 0) is 43.2 Å². The highest BCUT2D eigenvalue weighted by Crippen LogP contribution is 2.28. The Morgan fingerprint density at radius 1 is 1.20 bits per heavy atom. The molecular formula is C16H14BrNO2. The number of halogens is 1. The Kier molecular flexibility index (Phi) is 3.49. The lowest BCUT2D eigenvalue weighted by Crippen LogP contribution is -2.04. The molecule has 1 fully saturated rings. The SMILES string of the molecule is Nc1ccc(Br)c(C(=O)c2cccc(OC3CC3)c2)c1. The monoisotopic (exact) mass is 331 g/mol. The zero-order valence-corrected chi connectivity index (χ0v) is 12.4. The van der Waals surface area contributed by atoms with E-state index in [4.69, 9.17) is 10.5 Å². The predicted octanol–water partition coefficient (Wildman–Crippen LogP) is 3.80. The smallest absolute Gasteiger partial charge is 0.194 e. The highest BCUT2D eigenvalue weighted by molar-refractivity contribution is 9.10. The van der Waals surface area contributed by atoms with Crippen LogP contribution in [0, 0.1) is 0 Å². The van der Waals surface area contributed by atoms with Gasteiger partial charge in [-0.15, -0.1) is 0 Å². The molecule has 0 bridgehead atoms. The van der Waals surface area contributed by atoms with Crippen LogP contribution in [-0.2, 0) is 0 Å². The molecule has 0 unspecified atom stereocenters. The van der Waals surface area contributed by atoms with E-state index in [2.05, 4.69) is 15.9 Å². The lowest BCUT2D eigenvalue weighted by molar-refractivity contribution is 0.103. The van der Waals surface area contributed by atoms with Gasteiger partial charge in [-0.2, -0.15) is 0 Å². The summed E-state index contributed by atoms with van der Waals surface area (Å²) in [6.45, 7) is 0. The zero-order chi connectivity index (χ0) is 14.1. The van der Waals surface area contributed by atoms with Crippen LogP contribution >= 0.6 is 15.9 Å². The number of anilines is 1. The van der Waals surface area contributed by atoms with Crippen LogP contribution in [0.5, 0.6) is 5.75 Å². The first-order valence-corrected chi connectivity index (χ1v) is 7.29. The molecule has 1 saturated carbocycles. The first-order valence-electron chi connectivity index (χ1n) is 6.50. The number of carbonyl (C=O) groups is 1. The van der Waals surface area contributed by atoms with E-state index in [1.807, 2.05) is 12.1 Å². The number of hydrogen-bond acceptors (Lipinski definition) is 3. The average molecular weight is 332 g/mol. The molecule has 0 radical (unpaired) electrons. The second-order valence-electron chi connectivity index (χ2n) is 4.91. The minimum absolute atomic E-state index is 0.0644. The Morgan fingerprint density at radius 3 is 2.75 bits per heavy atom. The second-order valence-corrected chi connectivity index (χ2v) is 5.77. The minimum Gasteiger partial charge on any atom is -0.490 e. The summed E-state index contributed by atoms with van der Waals surface area (Å²) in [6, 6.07) is 12.5. The third-order valence-electron chi connectivity index (χ3n) is 3.16. The van der Waals surface area contributed by atoms with Gasteiger partial charge in [0.15, 0.2) is 5.78 Å². The van der Waals surface area contributed by atoms with Gasteiger partial charge in [0.25, 0.3) is 0 Å². The van der Waals surface area contributed by atoms with Crippen LogP contribution in [0.25, 0.3) is 0 Å². The molecule has 3 nitrogen and oxygen atoms in total. The van der Waals surface area contributed by atoms with Crippen LogP contribution in [0.2, 0.25) is 0 Å². The Balaban J connectivity index is 1.91. The van der Waals surface area contributed by atoms with Gasteiger partial charge in [0.05, 0.1) is 6.10 Å². The Hall–Kier alpha value is -1.81. The molecule has 0 amide bonds. The fourth-order valence-electron chi connectivity index (χ4n) is 1.96. The van der Waals surface area contributed by atoms with Gasteiger partial charge < -0.3 is 10.5 Å². The average Bonchev–Trinajstić information content (AvgIpc) is 3.25. The van der Waals surface area contributed by atoms with Crippen LogP contribution in [0.15, 0.2) is 46.9 Å². The highest BCUT2D eigenvalue weighted by Gasteiger charge is 2.23. The molecule has 0 aromatic heterocycles. The van der Waals surface area contributed by atoms with Crippen LogP contribution < -0.4 is 10.5 Å². The molecule has 3 rings (SSSR count). The van der Waals surface area contributed by atoms with Crippen molar-refractivity contribution >= 4 is 27.4 Å². The van der Waals surface area contributed by atoms with Gasteiger partial charge in [0, 0.05) is 21.3 Å². The normalized spacial score (nSPS) is 14.1. The van der Waals surface area contributed by atoms with Crippen molar-refractivity contribution in [1.82, 2.24) is 0 Å². The van der Waals surface area contributed by atoms with Crippen molar-refractivity contribution in [3.8, 4) is 5.75 Å². The summed E-state index contributed by atoms with van der Waals surface area (Å²) >= 11 is 3.39. The number of benzene rings is 2. The van der Waals surface area contributed by atoms with E-state index in [9.17, 15) is 4.79 Å². The quantitative estimate of drug-likeness (QED) is 0.684. The van der Waals surface area contributed by atoms with Crippen LogP contribution in [-0.4, -0.2) is 11.9 Å². The first-order chi connectivity index (χ1) is 9.63. The summed E-state index contributed by atoms with van der Waals surface area (Å²) in [5, 5.41) is 0. The summed E-state index contributed by atoms with van der Waals surface area (Å²) < 4.78 is 6.46. The maximum absolute atomic E-state index is 12.5.